The van der Waals surface area contributed by atoms with Gasteiger partial charge in [-0.25, -0.2) is 0 Å². The van der Waals surface area contributed by atoms with Crippen LogP contribution in [0, 0.1) is 6.92 Å². The quantitative estimate of drug-likeness (QED) is 0.859. The largest absolute Gasteiger partial charge is 0.308 e. The molecule has 1 N–H and O–H groups in total. The highest BCUT2D eigenvalue weighted by Crippen LogP contribution is 2.27. The van der Waals surface area contributed by atoms with Gasteiger partial charge >= 0.3 is 0 Å². The molecule has 1 aromatic heterocycles. The Kier molecular flexibility index (Phi) is 4.77. The number of halogens is 1. The van der Waals surface area contributed by atoms with Crippen molar-refractivity contribution in [2.75, 3.05) is 6.54 Å². The van der Waals surface area contributed by atoms with Crippen LogP contribution in [-0.4, -0.2) is 12.1 Å². The summed E-state index contributed by atoms with van der Waals surface area (Å²) in [4.78, 5) is 2.65. The molecule has 90 valence electrons. The van der Waals surface area contributed by atoms with Crippen LogP contribution in [-0.2, 0) is 0 Å². The molecule has 0 atom stereocenters. The van der Waals surface area contributed by atoms with Crippen molar-refractivity contribution in [2.45, 2.75) is 40.2 Å². The zero-order valence-corrected chi connectivity index (χ0v) is 13.1. The topological polar surface area (TPSA) is 12.0 Å². The Morgan fingerprint density at radius 1 is 1.50 bits per heavy atom. The molecule has 0 spiro atoms. The van der Waals surface area contributed by atoms with Gasteiger partial charge in [-0.05, 0) is 62.7 Å². The highest BCUT2D eigenvalue weighted by molar-refractivity contribution is 9.10. The molecule has 0 unspecified atom stereocenters. The molecule has 1 nitrogen and oxygen atoms in total. The first kappa shape index (κ1) is 13.9. The Morgan fingerprint density at radius 3 is 2.56 bits per heavy atom. The number of rotatable bonds is 3. The van der Waals surface area contributed by atoms with Crippen LogP contribution in [0.4, 0.5) is 0 Å². The average Bonchev–Trinajstić information content (AvgIpc) is 2.41. The molecule has 0 aromatic carbocycles. The number of thiophene rings is 1. The van der Waals surface area contributed by atoms with E-state index in [1.165, 1.54) is 19.8 Å². The first-order valence-electron chi connectivity index (χ1n) is 5.46. The predicted molar refractivity (Wildman–Crippen MR) is 78.2 cm³/mol. The molecule has 0 aliphatic heterocycles. The summed E-state index contributed by atoms with van der Waals surface area (Å²) >= 11 is 5.37. The average molecular weight is 302 g/mol. The highest BCUT2D eigenvalue weighted by atomic mass is 79.9. The molecule has 0 saturated heterocycles. The van der Waals surface area contributed by atoms with Crippen LogP contribution in [0.15, 0.2) is 16.1 Å². The fourth-order valence-electron chi connectivity index (χ4n) is 1.25. The Morgan fingerprint density at radius 2 is 2.12 bits per heavy atom. The number of hydrogen-bond donors (Lipinski definition) is 1. The van der Waals surface area contributed by atoms with Crippen LogP contribution in [0.25, 0.3) is 6.08 Å². The van der Waals surface area contributed by atoms with Gasteiger partial charge in [0.05, 0.1) is 0 Å². The summed E-state index contributed by atoms with van der Waals surface area (Å²) in [5.41, 5.74) is 1.55. The van der Waals surface area contributed by atoms with E-state index in [4.69, 9.17) is 0 Å². The first-order valence-corrected chi connectivity index (χ1v) is 7.07. The van der Waals surface area contributed by atoms with Crippen LogP contribution < -0.4 is 5.32 Å². The molecular formula is C13H20BrNS. The predicted octanol–water partition coefficient (Wildman–Crippen LogP) is 4.61. The van der Waals surface area contributed by atoms with E-state index in [1.54, 1.807) is 0 Å². The molecule has 0 radical (unpaired) electrons. The third-order valence-corrected chi connectivity index (χ3v) is 4.25. The molecule has 1 aromatic rings. The smallest absolute Gasteiger partial charge is 0.0317 e. The lowest BCUT2D eigenvalue weighted by Crippen LogP contribution is -2.36. The fraction of sp³-hybridized carbons (Fsp3) is 0.538. The van der Waals surface area contributed by atoms with Gasteiger partial charge < -0.3 is 5.32 Å². The van der Waals surface area contributed by atoms with Gasteiger partial charge in [0.2, 0.25) is 0 Å². The SMILES string of the molecule is CC(=Cc1cc(Br)c(C)s1)CNC(C)(C)C. The van der Waals surface area contributed by atoms with E-state index in [1.807, 2.05) is 11.3 Å². The molecule has 1 rings (SSSR count). The number of hydrogen-bond acceptors (Lipinski definition) is 2. The van der Waals surface area contributed by atoms with Crippen LogP contribution in [0.2, 0.25) is 0 Å². The van der Waals surface area contributed by atoms with Gasteiger partial charge in [0.15, 0.2) is 0 Å². The van der Waals surface area contributed by atoms with E-state index in [0.717, 1.165) is 6.54 Å². The van der Waals surface area contributed by atoms with Crippen LogP contribution >= 0.6 is 27.3 Å². The Balaban J connectivity index is 2.63. The monoisotopic (exact) mass is 301 g/mol. The first-order chi connectivity index (χ1) is 7.28. The Bertz CT molecular complexity index is 366. The Hall–Kier alpha value is -0.120. The van der Waals surface area contributed by atoms with E-state index in [9.17, 15) is 0 Å². The highest BCUT2D eigenvalue weighted by Gasteiger charge is 2.08. The van der Waals surface area contributed by atoms with E-state index in [-0.39, 0.29) is 5.54 Å². The minimum Gasteiger partial charge on any atom is -0.308 e. The lowest BCUT2D eigenvalue weighted by atomic mass is 10.1. The second-order valence-corrected chi connectivity index (χ2v) is 7.29. The van der Waals surface area contributed by atoms with E-state index < -0.39 is 0 Å². The molecule has 0 amide bonds. The normalized spacial score (nSPS) is 13.2. The van der Waals surface area contributed by atoms with Crippen LogP contribution in [0.5, 0.6) is 0 Å². The summed E-state index contributed by atoms with van der Waals surface area (Å²) in [7, 11) is 0. The maximum Gasteiger partial charge on any atom is 0.0317 e. The molecule has 0 aliphatic rings. The molecule has 0 bridgehead atoms. The Labute approximate surface area is 111 Å². The fourth-order valence-corrected chi connectivity index (χ4v) is 2.84. The standard InChI is InChI=1S/C13H20BrNS/c1-9(8-15-13(3,4)5)6-11-7-12(14)10(2)16-11/h6-7,15H,8H2,1-5H3. The minimum atomic E-state index is 0.182. The van der Waals surface area contributed by atoms with Crippen molar-refractivity contribution in [3.8, 4) is 0 Å². The maximum atomic E-state index is 3.54. The van der Waals surface area contributed by atoms with Gasteiger partial charge in [-0.1, -0.05) is 5.57 Å². The molecule has 0 fully saturated rings. The molecule has 1 heterocycles. The van der Waals surface area contributed by atoms with Crippen molar-refractivity contribution in [2.24, 2.45) is 0 Å². The van der Waals surface area contributed by atoms with Gasteiger partial charge in [-0.15, -0.1) is 11.3 Å². The molecule has 3 heteroatoms. The van der Waals surface area contributed by atoms with E-state index in [2.05, 4.69) is 68.0 Å². The van der Waals surface area contributed by atoms with Crippen molar-refractivity contribution < 1.29 is 0 Å². The van der Waals surface area contributed by atoms with E-state index in [0.29, 0.717) is 0 Å². The van der Waals surface area contributed by atoms with Gasteiger partial charge in [-0.3, -0.25) is 0 Å². The second kappa shape index (κ2) is 5.48. The van der Waals surface area contributed by atoms with Gasteiger partial charge in [0.25, 0.3) is 0 Å². The van der Waals surface area contributed by atoms with Crippen molar-refractivity contribution >= 4 is 33.3 Å². The maximum absolute atomic E-state index is 3.54. The summed E-state index contributed by atoms with van der Waals surface area (Å²) in [6.45, 7) is 11.8. The zero-order chi connectivity index (χ0) is 12.3. The number of nitrogens with one attached hydrogen (secondary N) is 1. The van der Waals surface area contributed by atoms with Crippen LogP contribution in [0.3, 0.4) is 0 Å². The van der Waals surface area contributed by atoms with Gasteiger partial charge in [-0.2, -0.15) is 0 Å². The second-order valence-electron chi connectivity index (χ2n) is 5.15. The minimum absolute atomic E-state index is 0.182. The van der Waals surface area contributed by atoms with Gasteiger partial charge in [0.1, 0.15) is 0 Å². The lowest BCUT2D eigenvalue weighted by molar-refractivity contribution is 0.445. The summed E-state index contributed by atoms with van der Waals surface area (Å²) in [6.07, 6.45) is 2.25. The van der Waals surface area contributed by atoms with E-state index >= 15 is 0 Å². The summed E-state index contributed by atoms with van der Waals surface area (Å²) in [5, 5.41) is 3.49. The third-order valence-electron chi connectivity index (χ3n) is 2.16. The summed E-state index contributed by atoms with van der Waals surface area (Å²) in [6, 6.07) is 2.18. The summed E-state index contributed by atoms with van der Waals surface area (Å²) in [5.74, 6) is 0. The summed E-state index contributed by atoms with van der Waals surface area (Å²) < 4.78 is 1.21. The molecular weight excluding hydrogens is 282 g/mol. The lowest BCUT2D eigenvalue weighted by Gasteiger charge is -2.20. The third kappa shape index (κ3) is 4.81. The van der Waals surface area contributed by atoms with Crippen LogP contribution in [0.1, 0.15) is 37.4 Å². The number of aryl methyl sites for hydroxylation is 1. The van der Waals surface area contributed by atoms with Crippen molar-refractivity contribution in [3.05, 3.63) is 25.9 Å². The molecule has 0 aliphatic carbocycles. The molecule has 16 heavy (non-hydrogen) atoms. The van der Waals surface area contributed by atoms with Crippen molar-refractivity contribution in [3.63, 3.8) is 0 Å². The van der Waals surface area contributed by atoms with Crippen molar-refractivity contribution in [1.29, 1.82) is 0 Å². The molecule has 0 saturated carbocycles. The zero-order valence-electron chi connectivity index (χ0n) is 10.6. The van der Waals surface area contributed by atoms with Crippen molar-refractivity contribution in [1.82, 2.24) is 5.32 Å². The van der Waals surface area contributed by atoms with Gasteiger partial charge in [0, 0.05) is 26.3 Å².